The van der Waals surface area contributed by atoms with Gasteiger partial charge in [0.05, 0.1) is 5.56 Å². The number of rotatable bonds is 1. The molecular formula is C14H14F2N2O2. The lowest BCUT2D eigenvalue weighted by atomic mass is 10.1. The number of hydrogen-bond donors (Lipinski definition) is 0. The highest BCUT2D eigenvalue weighted by Crippen LogP contribution is 2.24. The van der Waals surface area contributed by atoms with E-state index < -0.39 is 17.5 Å². The maximum Gasteiger partial charge on any atom is 0.257 e. The molecule has 1 aromatic rings. The van der Waals surface area contributed by atoms with Crippen molar-refractivity contribution in [2.75, 3.05) is 19.6 Å². The van der Waals surface area contributed by atoms with Crippen LogP contribution in [0.1, 0.15) is 23.2 Å². The van der Waals surface area contributed by atoms with Gasteiger partial charge in [-0.3, -0.25) is 9.59 Å². The van der Waals surface area contributed by atoms with E-state index in [0.29, 0.717) is 32.5 Å². The van der Waals surface area contributed by atoms with Crippen molar-refractivity contribution in [1.29, 1.82) is 0 Å². The molecule has 0 N–H and O–H groups in total. The second kappa shape index (κ2) is 4.85. The monoisotopic (exact) mass is 280 g/mol. The first-order valence-electron chi connectivity index (χ1n) is 6.60. The lowest BCUT2D eigenvalue weighted by molar-refractivity contribution is -0.130. The molecule has 1 unspecified atom stereocenters. The first-order chi connectivity index (χ1) is 9.58. The molecule has 2 fully saturated rings. The van der Waals surface area contributed by atoms with E-state index in [0.717, 1.165) is 6.07 Å². The lowest BCUT2D eigenvalue weighted by Crippen LogP contribution is -2.53. The summed E-state index contributed by atoms with van der Waals surface area (Å²) in [6, 6.07) is 3.60. The number of hydrogen-bond acceptors (Lipinski definition) is 2. The van der Waals surface area contributed by atoms with Crippen molar-refractivity contribution in [1.82, 2.24) is 9.80 Å². The van der Waals surface area contributed by atoms with Crippen molar-refractivity contribution in [3.8, 4) is 0 Å². The molecule has 2 heterocycles. The minimum absolute atomic E-state index is 0.0109. The summed E-state index contributed by atoms with van der Waals surface area (Å²) in [7, 11) is 0. The molecular weight excluding hydrogens is 266 g/mol. The molecule has 106 valence electrons. The summed E-state index contributed by atoms with van der Waals surface area (Å²) in [5, 5.41) is 0. The Hall–Kier alpha value is -1.98. The fourth-order valence-corrected chi connectivity index (χ4v) is 2.89. The normalized spacial score (nSPS) is 22.1. The van der Waals surface area contributed by atoms with Gasteiger partial charge in [0.15, 0.2) is 11.6 Å². The number of carbonyl (C=O) groups is 2. The van der Waals surface area contributed by atoms with E-state index in [1.54, 1.807) is 4.90 Å². The van der Waals surface area contributed by atoms with Gasteiger partial charge >= 0.3 is 0 Å². The summed E-state index contributed by atoms with van der Waals surface area (Å²) in [5.74, 6) is -2.53. The molecule has 1 atom stereocenters. The van der Waals surface area contributed by atoms with Crippen molar-refractivity contribution >= 4 is 11.8 Å². The van der Waals surface area contributed by atoms with Gasteiger partial charge in [0.2, 0.25) is 5.91 Å². The van der Waals surface area contributed by atoms with Crippen molar-refractivity contribution in [2.45, 2.75) is 18.9 Å². The Morgan fingerprint density at radius 2 is 2.05 bits per heavy atom. The fourth-order valence-electron chi connectivity index (χ4n) is 2.89. The van der Waals surface area contributed by atoms with Crippen LogP contribution in [0.15, 0.2) is 18.2 Å². The molecule has 0 aliphatic carbocycles. The van der Waals surface area contributed by atoms with E-state index in [-0.39, 0.29) is 17.5 Å². The quantitative estimate of drug-likeness (QED) is 0.780. The Morgan fingerprint density at radius 3 is 2.85 bits per heavy atom. The standard InChI is InChI=1S/C14H14F2N2O2/c15-11-3-1-2-10(13(11)16)14(20)17-6-7-18-9(8-17)4-5-12(18)19/h1-3,9H,4-8H2. The average Bonchev–Trinajstić information content (AvgIpc) is 2.82. The van der Waals surface area contributed by atoms with Crippen LogP contribution in [-0.4, -0.2) is 47.3 Å². The van der Waals surface area contributed by atoms with E-state index in [9.17, 15) is 18.4 Å². The smallest absolute Gasteiger partial charge is 0.257 e. The number of benzene rings is 1. The third-order valence-corrected chi connectivity index (χ3v) is 3.96. The third kappa shape index (κ3) is 2.05. The molecule has 0 radical (unpaired) electrons. The summed E-state index contributed by atoms with van der Waals surface area (Å²) in [6.45, 7) is 1.21. The summed E-state index contributed by atoms with van der Waals surface area (Å²) in [4.78, 5) is 27.1. The summed E-state index contributed by atoms with van der Waals surface area (Å²) >= 11 is 0. The second-order valence-corrected chi connectivity index (χ2v) is 5.13. The second-order valence-electron chi connectivity index (χ2n) is 5.13. The number of fused-ring (bicyclic) bond motifs is 1. The molecule has 2 aliphatic rings. The number of halogens is 2. The molecule has 0 spiro atoms. The fraction of sp³-hybridized carbons (Fsp3) is 0.429. The maximum absolute atomic E-state index is 13.7. The Morgan fingerprint density at radius 1 is 1.25 bits per heavy atom. The van der Waals surface area contributed by atoms with Gasteiger partial charge < -0.3 is 9.80 Å². The van der Waals surface area contributed by atoms with Crippen LogP contribution in [0.25, 0.3) is 0 Å². The van der Waals surface area contributed by atoms with Crippen molar-refractivity contribution < 1.29 is 18.4 Å². The highest BCUT2D eigenvalue weighted by atomic mass is 19.2. The van der Waals surface area contributed by atoms with Crippen molar-refractivity contribution in [2.24, 2.45) is 0 Å². The molecule has 1 aromatic carbocycles. The van der Waals surface area contributed by atoms with Crippen LogP contribution in [0.2, 0.25) is 0 Å². The van der Waals surface area contributed by atoms with Gasteiger partial charge in [-0.05, 0) is 18.6 Å². The number of amides is 2. The third-order valence-electron chi connectivity index (χ3n) is 3.96. The first kappa shape index (κ1) is 13.0. The maximum atomic E-state index is 13.7. The molecule has 3 rings (SSSR count). The Bertz CT molecular complexity index is 576. The van der Waals surface area contributed by atoms with Crippen LogP contribution in [0.4, 0.5) is 8.78 Å². The van der Waals surface area contributed by atoms with Crippen LogP contribution in [-0.2, 0) is 4.79 Å². The van der Waals surface area contributed by atoms with E-state index in [1.165, 1.54) is 17.0 Å². The Kier molecular flexibility index (Phi) is 3.16. The van der Waals surface area contributed by atoms with Gasteiger partial charge in [-0.15, -0.1) is 0 Å². The van der Waals surface area contributed by atoms with Crippen LogP contribution in [0.5, 0.6) is 0 Å². The lowest BCUT2D eigenvalue weighted by Gasteiger charge is -2.37. The zero-order valence-corrected chi connectivity index (χ0v) is 10.8. The van der Waals surface area contributed by atoms with Crippen LogP contribution in [0, 0.1) is 11.6 Å². The first-order valence-corrected chi connectivity index (χ1v) is 6.60. The molecule has 2 saturated heterocycles. The highest BCUT2D eigenvalue weighted by molar-refractivity contribution is 5.94. The number of carbonyl (C=O) groups excluding carboxylic acids is 2. The van der Waals surface area contributed by atoms with Crippen LogP contribution < -0.4 is 0 Å². The van der Waals surface area contributed by atoms with Crippen LogP contribution in [0.3, 0.4) is 0 Å². The van der Waals surface area contributed by atoms with E-state index in [4.69, 9.17) is 0 Å². The van der Waals surface area contributed by atoms with E-state index in [1.807, 2.05) is 0 Å². The van der Waals surface area contributed by atoms with E-state index >= 15 is 0 Å². The molecule has 4 nitrogen and oxygen atoms in total. The van der Waals surface area contributed by atoms with Crippen molar-refractivity contribution in [3.05, 3.63) is 35.4 Å². The molecule has 20 heavy (non-hydrogen) atoms. The Balaban J connectivity index is 1.79. The van der Waals surface area contributed by atoms with Gasteiger partial charge in [0.1, 0.15) is 0 Å². The summed E-state index contributed by atoms with van der Waals surface area (Å²) in [5.41, 5.74) is -0.247. The number of piperazine rings is 1. The van der Waals surface area contributed by atoms with Gasteiger partial charge in [-0.1, -0.05) is 6.07 Å². The molecule has 2 amide bonds. The van der Waals surface area contributed by atoms with Gasteiger partial charge in [0, 0.05) is 32.1 Å². The zero-order valence-electron chi connectivity index (χ0n) is 10.8. The minimum atomic E-state index is -1.11. The van der Waals surface area contributed by atoms with Gasteiger partial charge in [0.25, 0.3) is 5.91 Å². The topological polar surface area (TPSA) is 40.6 Å². The molecule has 0 saturated carbocycles. The van der Waals surface area contributed by atoms with Gasteiger partial charge in [-0.2, -0.15) is 0 Å². The highest BCUT2D eigenvalue weighted by Gasteiger charge is 2.37. The number of nitrogens with zero attached hydrogens (tertiary/aromatic N) is 2. The SMILES string of the molecule is O=C(c1cccc(F)c1F)N1CCN2C(=O)CCC2C1. The molecule has 0 aromatic heterocycles. The van der Waals surface area contributed by atoms with Gasteiger partial charge in [-0.25, -0.2) is 8.78 Å². The van der Waals surface area contributed by atoms with Crippen molar-refractivity contribution in [3.63, 3.8) is 0 Å². The summed E-state index contributed by atoms with van der Waals surface area (Å²) in [6.07, 6.45) is 1.22. The zero-order chi connectivity index (χ0) is 14.3. The molecule has 6 heteroatoms. The molecule has 2 aliphatic heterocycles. The largest absolute Gasteiger partial charge is 0.336 e. The van der Waals surface area contributed by atoms with Crippen LogP contribution >= 0.6 is 0 Å². The predicted molar refractivity (Wildman–Crippen MR) is 67.0 cm³/mol. The van der Waals surface area contributed by atoms with E-state index in [2.05, 4.69) is 0 Å². The summed E-state index contributed by atoms with van der Waals surface area (Å²) < 4.78 is 26.8. The predicted octanol–water partition coefficient (Wildman–Crippen LogP) is 1.41. The average molecular weight is 280 g/mol. The Labute approximate surface area is 115 Å². The molecule has 0 bridgehead atoms. The minimum Gasteiger partial charge on any atom is -0.336 e.